The molecule has 11 heteroatoms. The van der Waals surface area contributed by atoms with E-state index >= 15 is 0 Å². The quantitative estimate of drug-likeness (QED) is 0.352. The maximum Gasteiger partial charge on any atom is 0.240 e. The summed E-state index contributed by atoms with van der Waals surface area (Å²) in [7, 11) is 4.30. The highest BCUT2D eigenvalue weighted by atomic mass is 32.1. The largest absolute Gasteiger partial charge is 0.360 e. The van der Waals surface area contributed by atoms with Gasteiger partial charge >= 0.3 is 0 Å². The fraction of sp³-hybridized carbons (Fsp3) is 0.464. The molecule has 0 radical (unpaired) electrons. The summed E-state index contributed by atoms with van der Waals surface area (Å²) in [6, 6.07) is 16.2. The molecule has 0 saturated carbocycles. The fourth-order valence-electron chi connectivity index (χ4n) is 4.63. The predicted octanol–water partition coefficient (Wildman–Crippen LogP) is 3.44. The van der Waals surface area contributed by atoms with E-state index in [-0.39, 0.29) is 5.91 Å². The predicted molar refractivity (Wildman–Crippen MR) is 164 cm³/mol. The number of likely N-dealkylation sites (N-methyl/N-ethyl adjacent to an activating group) is 2. The van der Waals surface area contributed by atoms with Gasteiger partial charge in [-0.25, -0.2) is 9.97 Å². The molecule has 2 aliphatic rings. The first-order valence-corrected chi connectivity index (χ1v) is 15.2. The number of nitrogens with one attached hydrogen (secondary N) is 2. The molecule has 0 aliphatic carbocycles. The molecule has 0 bridgehead atoms. The highest BCUT2D eigenvalue weighted by Crippen LogP contribution is 2.26. The van der Waals surface area contributed by atoms with Crippen molar-refractivity contribution in [2.75, 3.05) is 96.7 Å². The zero-order valence-electron chi connectivity index (χ0n) is 22.8. The molecule has 2 N–H and O–H groups in total. The van der Waals surface area contributed by atoms with Gasteiger partial charge in [-0.3, -0.25) is 14.6 Å². The number of carbonyl (C=O) groups excluding carboxylic acids is 1. The summed E-state index contributed by atoms with van der Waals surface area (Å²) in [4.78, 5) is 30.4. The van der Waals surface area contributed by atoms with E-state index in [4.69, 9.17) is 0 Å². The average Bonchev–Trinajstić information content (AvgIpc) is 3.54. The lowest BCUT2D eigenvalue weighted by atomic mass is 10.3. The summed E-state index contributed by atoms with van der Waals surface area (Å²) in [6.07, 6.45) is 0. The zero-order valence-corrected chi connectivity index (χ0v) is 24.4. The molecule has 0 unspecified atom stereocenters. The fourth-order valence-corrected chi connectivity index (χ4v) is 6.41. The number of carbonyl (C=O) groups is 1. The van der Waals surface area contributed by atoms with Crippen LogP contribution in [0.15, 0.2) is 48.5 Å². The minimum atomic E-state index is 0.0219. The molecular weight excluding hydrogens is 528 g/mol. The molecule has 0 spiro atoms. The van der Waals surface area contributed by atoms with Gasteiger partial charge in [0, 0.05) is 65.4 Å². The van der Waals surface area contributed by atoms with Gasteiger partial charge in [-0.2, -0.15) is 0 Å². The van der Waals surface area contributed by atoms with Crippen molar-refractivity contribution in [3.8, 4) is 0 Å². The van der Waals surface area contributed by atoms with Crippen LogP contribution in [0, 0.1) is 0 Å². The monoisotopic (exact) mass is 566 g/mol. The van der Waals surface area contributed by atoms with Crippen molar-refractivity contribution >= 4 is 59.3 Å². The van der Waals surface area contributed by atoms with Crippen LogP contribution in [0.5, 0.6) is 0 Å². The highest BCUT2D eigenvalue weighted by molar-refractivity contribution is 7.22. The summed E-state index contributed by atoms with van der Waals surface area (Å²) in [5, 5.41) is 8.07. The van der Waals surface area contributed by atoms with E-state index in [1.54, 1.807) is 11.3 Å². The summed E-state index contributed by atoms with van der Waals surface area (Å²) in [5.41, 5.74) is 2.03. The standard InChI is InChI=1S/C14H18N4OS.C14H20N4S/c1-17-6-8-18(9-7-17)10-13(19)16-14-15-11-4-2-3-5-12(11)20-14;1-17-8-10-18(11-9-17)7-6-15-14-16-12-4-2-3-5-13(12)19-14/h2-5H,6-10H2,1H3,(H,15,16,19);2-5H,6-11H2,1H3,(H,15,16). The highest BCUT2D eigenvalue weighted by Gasteiger charge is 2.17. The van der Waals surface area contributed by atoms with Crippen molar-refractivity contribution in [3.05, 3.63) is 48.5 Å². The van der Waals surface area contributed by atoms with Crippen molar-refractivity contribution in [3.63, 3.8) is 0 Å². The third-order valence-corrected chi connectivity index (χ3v) is 9.04. The lowest BCUT2D eigenvalue weighted by molar-refractivity contribution is -0.117. The number of benzene rings is 2. The molecule has 2 aromatic heterocycles. The maximum atomic E-state index is 12.0. The first-order chi connectivity index (χ1) is 19.0. The second-order valence-electron chi connectivity index (χ2n) is 10.2. The maximum absolute atomic E-state index is 12.0. The number of para-hydroxylation sites is 2. The average molecular weight is 567 g/mol. The Morgan fingerprint density at radius 3 is 1.85 bits per heavy atom. The number of aromatic nitrogens is 2. The van der Waals surface area contributed by atoms with Gasteiger partial charge < -0.3 is 20.4 Å². The summed E-state index contributed by atoms with van der Waals surface area (Å²) >= 11 is 3.25. The molecule has 39 heavy (non-hydrogen) atoms. The molecule has 2 aromatic carbocycles. The van der Waals surface area contributed by atoms with E-state index in [0.29, 0.717) is 11.7 Å². The summed E-state index contributed by atoms with van der Waals surface area (Å²) < 4.78 is 2.35. The topological polar surface area (TPSA) is 79.9 Å². The first-order valence-electron chi connectivity index (χ1n) is 13.6. The molecule has 4 heterocycles. The smallest absolute Gasteiger partial charge is 0.240 e. The van der Waals surface area contributed by atoms with Gasteiger partial charge in [0.05, 0.1) is 27.0 Å². The van der Waals surface area contributed by atoms with Crippen molar-refractivity contribution in [2.45, 2.75) is 0 Å². The van der Waals surface area contributed by atoms with Crippen LogP contribution in [0.1, 0.15) is 0 Å². The molecule has 1 amide bonds. The van der Waals surface area contributed by atoms with Crippen LogP contribution in [0.2, 0.25) is 0 Å². The molecule has 0 atom stereocenters. The summed E-state index contributed by atoms with van der Waals surface area (Å²) in [6.45, 7) is 11.2. The van der Waals surface area contributed by atoms with Crippen LogP contribution >= 0.6 is 22.7 Å². The van der Waals surface area contributed by atoms with Crippen molar-refractivity contribution in [1.29, 1.82) is 0 Å². The Morgan fingerprint density at radius 1 is 0.744 bits per heavy atom. The number of hydrogen-bond donors (Lipinski definition) is 2. The molecule has 2 saturated heterocycles. The van der Waals surface area contributed by atoms with E-state index in [1.165, 1.54) is 42.2 Å². The molecular formula is C28H38N8OS2. The number of hydrogen-bond acceptors (Lipinski definition) is 10. The lowest BCUT2D eigenvalue weighted by Gasteiger charge is -2.32. The van der Waals surface area contributed by atoms with Crippen LogP contribution in [0.25, 0.3) is 20.4 Å². The molecule has 2 fully saturated rings. The van der Waals surface area contributed by atoms with Gasteiger partial charge in [-0.15, -0.1) is 0 Å². The minimum absolute atomic E-state index is 0.0219. The number of fused-ring (bicyclic) bond motifs is 2. The van der Waals surface area contributed by atoms with E-state index < -0.39 is 0 Å². The molecule has 9 nitrogen and oxygen atoms in total. The third kappa shape index (κ3) is 8.17. The van der Waals surface area contributed by atoms with Crippen molar-refractivity contribution in [1.82, 2.24) is 29.6 Å². The van der Waals surface area contributed by atoms with Crippen LogP contribution in [0.4, 0.5) is 10.3 Å². The van der Waals surface area contributed by atoms with Crippen LogP contribution in [-0.2, 0) is 4.79 Å². The number of thiazole rings is 2. The molecule has 208 valence electrons. The Balaban J connectivity index is 0.000000158. The Kier molecular flexibility index (Phi) is 9.72. The van der Waals surface area contributed by atoms with Crippen LogP contribution < -0.4 is 10.6 Å². The Hall–Kier alpha value is -2.67. The number of piperazine rings is 2. The van der Waals surface area contributed by atoms with E-state index in [0.717, 1.165) is 60.1 Å². The second-order valence-corrected chi connectivity index (χ2v) is 12.2. The van der Waals surface area contributed by atoms with Gasteiger partial charge in [-0.1, -0.05) is 46.9 Å². The second kappa shape index (κ2) is 13.6. The van der Waals surface area contributed by atoms with Gasteiger partial charge in [0.15, 0.2) is 10.3 Å². The van der Waals surface area contributed by atoms with Gasteiger partial charge in [0.25, 0.3) is 0 Å². The normalized spacial score (nSPS) is 17.7. The SMILES string of the molecule is CN1CCN(CC(=O)Nc2nc3ccccc3s2)CC1.CN1CCN(CCNc2nc3ccccc3s2)CC1. The Bertz CT molecular complexity index is 1280. The zero-order chi connectivity index (χ0) is 27.0. The van der Waals surface area contributed by atoms with Crippen molar-refractivity contribution in [2.24, 2.45) is 0 Å². The van der Waals surface area contributed by atoms with E-state index in [9.17, 15) is 4.79 Å². The van der Waals surface area contributed by atoms with Crippen LogP contribution in [0.3, 0.4) is 0 Å². The first kappa shape index (κ1) is 27.9. The summed E-state index contributed by atoms with van der Waals surface area (Å²) in [5.74, 6) is 0.0219. The van der Waals surface area contributed by atoms with Gasteiger partial charge in [-0.05, 0) is 38.4 Å². The van der Waals surface area contributed by atoms with Gasteiger partial charge in [0.1, 0.15) is 0 Å². The molecule has 6 rings (SSSR count). The lowest BCUT2D eigenvalue weighted by Crippen LogP contribution is -2.47. The minimum Gasteiger partial charge on any atom is -0.360 e. The van der Waals surface area contributed by atoms with Crippen molar-refractivity contribution < 1.29 is 4.79 Å². The Morgan fingerprint density at radius 2 is 1.26 bits per heavy atom. The third-order valence-electron chi connectivity index (χ3n) is 7.10. The number of amides is 1. The Labute approximate surface area is 238 Å². The molecule has 4 aromatic rings. The number of anilines is 2. The van der Waals surface area contributed by atoms with Crippen LogP contribution in [-0.4, -0.2) is 122 Å². The van der Waals surface area contributed by atoms with E-state index in [1.807, 2.05) is 30.3 Å². The number of nitrogens with zero attached hydrogens (tertiary/aromatic N) is 6. The molecule has 2 aliphatic heterocycles. The van der Waals surface area contributed by atoms with E-state index in [2.05, 4.69) is 72.5 Å². The number of rotatable bonds is 7. The van der Waals surface area contributed by atoms with Gasteiger partial charge in [0.2, 0.25) is 5.91 Å².